The first-order valence-corrected chi connectivity index (χ1v) is 10.5. The standard InChI is InChI=1S/C20H22ClN5OS/c21-16-3-1-2-15(10-16)19(14-27)26-8-6-25(7-9-26)13-17-11-24-20(28-17)18-12-22-4-5-23-18/h1-5,10-12,19,27H,6-9,13-14H2. The number of piperazine rings is 1. The summed E-state index contributed by atoms with van der Waals surface area (Å²) >= 11 is 7.79. The van der Waals surface area contributed by atoms with E-state index >= 15 is 0 Å². The molecule has 0 amide bonds. The van der Waals surface area contributed by atoms with Crippen molar-refractivity contribution in [2.24, 2.45) is 0 Å². The van der Waals surface area contributed by atoms with Gasteiger partial charge < -0.3 is 5.11 Å². The molecule has 0 aliphatic carbocycles. The third kappa shape index (κ3) is 4.56. The number of rotatable bonds is 6. The van der Waals surface area contributed by atoms with Gasteiger partial charge in [0.05, 0.1) is 18.8 Å². The van der Waals surface area contributed by atoms with E-state index in [0.29, 0.717) is 5.02 Å². The summed E-state index contributed by atoms with van der Waals surface area (Å²) in [6, 6.07) is 7.77. The monoisotopic (exact) mass is 415 g/mol. The highest BCUT2D eigenvalue weighted by atomic mass is 35.5. The van der Waals surface area contributed by atoms with Crippen molar-refractivity contribution in [3.8, 4) is 10.7 Å². The number of benzene rings is 1. The highest BCUT2D eigenvalue weighted by Crippen LogP contribution is 2.26. The van der Waals surface area contributed by atoms with Crippen LogP contribution in [-0.2, 0) is 6.54 Å². The minimum atomic E-state index is -0.00693. The Balaban J connectivity index is 1.35. The summed E-state index contributed by atoms with van der Waals surface area (Å²) < 4.78 is 0. The van der Waals surface area contributed by atoms with E-state index in [4.69, 9.17) is 11.6 Å². The lowest BCUT2D eigenvalue weighted by Crippen LogP contribution is -2.47. The van der Waals surface area contributed by atoms with E-state index in [-0.39, 0.29) is 12.6 Å². The molecule has 3 aromatic rings. The van der Waals surface area contributed by atoms with Crippen molar-refractivity contribution in [1.29, 1.82) is 0 Å². The van der Waals surface area contributed by atoms with Crippen LogP contribution in [-0.4, -0.2) is 62.6 Å². The van der Waals surface area contributed by atoms with Gasteiger partial charge in [0.15, 0.2) is 0 Å². The Morgan fingerprint density at radius 3 is 2.68 bits per heavy atom. The first kappa shape index (κ1) is 19.4. The van der Waals surface area contributed by atoms with Gasteiger partial charge in [0.1, 0.15) is 10.7 Å². The maximum Gasteiger partial charge on any atom is 0.143 e. The normalized spacial score (nSPS) is 16.9. The Bertz CT molecular complexity index is 898. The molecule has 1 N–H and O–H groups in total. The molecule has 1 fully saturated rings. The highest BCUT2D eigenvalue weighted by Gasteiger charge is 2.25. The van der Waals surface area contributed by atoms with Crippen molar-refractivity contribution in [1.82, 2.24) is 24.8 Å². The van der Waals surface area contributed by atoms with Crippen molar-refractivity contribution in [2.45, 2.75) is 12.6 Å². The number of halogens is 1. The maximum atomic E-state index is 9.92. The summed E-state index contributed by atoms with van der Waals surface area (Å²) in [6.45, 7) is 4.70. The maximum absolute atomic E-state index is 9.92. The molecule has 8 heteroatoms. The van der Waals surface area contributed by atoms with Crippen molar-refractivity contribution < 1.29 is 5.11 Å². The van der Waals surface area contributed by atoms with Gasteiger partial charge in [-0.1, -0.05) is 23.7 Å². The van der Waals surface area contributed by atoms with E-state index in [1.807, 2.05) is 30.5 Å². The Hall–Kier alpha value is -1.90. The third-order valence-electron chi connectivity index (χ3n) is 4.97. The molecule has 1 atom stereocenters. The second-order valence-corrected chi connectivity index (χ2v) is 8.34. The lowest BCUT2D eigenvalue weighted by molar-refractivity contribution is 0.0625. The van der Waals surface area contributed by atoms with Gasteiger partial charge in [-0.25, -0.2) is 4.98 Å². The Kier molecular flexibility index (Phi) is 6.29. The third-order valence-corrected chi connectivity index (χ3v) is 6.21. The second kappa shape index (κ2) is 9.07. The molecule has 1 saturated heterocycles. The van der Waals surface area contributed by atoms with Crippen LogP contribution in [0.1, 0.15) is 16.5 Å². The summed E-state index contributed by atoms with van der Waals surface area (Å²) in [5.74, 6) is 0. The van der Waals surface area contributed by atoms with Crippen LogP contribution in [0.25, 0.3) is 10.7 Å². The number of thiazole rings is 1. The van der Waals surface area contributed by atoms with Gasteiger partial charge in [-0.15, -0.1) is 11.3 Å². The van der Waals surface area contributed by atoms with E-state index in [1.165, 1.54) is 4.88 Å². The van der Waals surface area contributed by atoms with E-state index in [0.717, 1.165) is 49.0 Å². The van der Waals surface area contributed by atoms with Gasteiger partial charge in [-0.2, -0.15) is 0 Å². The van der Waals surface area contributed by atoms with Crippen LogP contribution >= 0.6 is 22.9 Å². The fraction of sp³-hybridized carbons (Fsp3) is 0.350. The fourth-order valence-electron chi connectivity index (χ4n) is 3.51. The predicted octanol–water partition coefficient (Wildman–Crippen LogP) is 3.10. The summed E-state index contributed by atoms with van der Waals surface area (Å²) in [6.07, 6.45) is 7.03. The van der Waals surface area contributed by atoms with Crippen molar-refractivity contribution in [3.63, 3.8) is 0 Å². The van der Waals surface area contributed by atoms with Gasteiger partial charge in [0, 0.05) is 61.2 Å². The average Bonchev–Trinajstić information content (AvgIpc) is 3.19. The highest BCUT2D eigenvalue weighted by molar-refractivity contribution is 7.14. The van der Waals surface area contributed by atoms with E-state index < -0.39 is 0 Å². The van der Waals surface area contributed by atoms with Crippen LogP contribution in [0.4, 0.5) is 0 Å². The minimum Gasteiger partial charge on any atom is -0.394 e. The van der Waals surface area contributed by atoms with E-state index in [9.17, 15) is 5.11 Å². The molecule has 1 unspecified atom stereocenters. The van der Waals surface area contributed by atoms with Crippen molar-refractivity contribution in [3.05, 3.63) is 64.5 Å². The molecule has 146 valence electrons. The lowest BCUT2D eigenvalue weighted by atomic mass is 10.1. The van der Waals surface area contributed by atoms with Gasteiger partial charge in [0.25, 0.3) is 0 Å². The zero-order valence-electron chi connectivity index (χ0n) is 15.4. The first-order valence-electron chi connectivity index (χ1n) is 9.27. The number of aliphatic hydroxyl groups is 1. The van der Waals surface area contributed by atoms with Crippen LogP contribution in [0.15, 0.2) is 49.1 Å². The molecule has 2 aromatic heterocycles. The lowest BCUT2D eigenvalue weighted by Gasteiger charge is -2.38. The molecule has 28 heavy (non-hydrogen) atoms. The van der Waals surface area contributed by atoms with Gasteiger partial charge in [-0.05, 0) is 17.7 Å². The SMILES string of the molecule is OCC(c1cccc(Cl)c1)N1CCN(Cc2cnc(-c3cnccn3)s2)CC1. The molecule has 6 nitrogen and oxygen atoms in total. The molecule has 0 bridgehead atoms. The summed E-state index contributed by atoms with van der Waals surface area (Å²) in [7, 11) is 0. The summed E-state index contributed by atoms with van der Waals surface area (Å²) in [4.78, 5) is 18.9. The van der Waals surface area contributed by atoms with Crippen LogP contribution in [0.3, 0.4) is 0 Å². The molecule has 1 aromatic carbocycles. The zero-order valence-corrected chi connectivity index (χ0v) is 17.0. The molecule has 0 radical (unpaired) electrons. The summed E-state index contributed by atoms with van der Waals surface area (Å²) in [5.41, 5.74) is 1.88. The van der Waals surface area contributed by atoms with Crippen molar-refractivity contribution in [2.75, 3.05) is 32.8 Å². The molecule has 4 rings (SSSR count). The van der Waals surface area contributed by atoms with E-state index in [2.05, 4.69) is 24.8 Å². The average molecular weight is 416 g/mol. The Morgan fingerprint density at radius 2 is 1.96 bits per heavy atom. The van der Waals surface area contributed by atoms with Crippen LogP contribution in [0, 0.1) is 0 Å². The van der Waals surface area contributed by atoms with Crippen molar-refractivity contribution >= 4 is 22.9 Å². The fourth-order valence-corrected chi connectivity index (χ4v) is 4.62. The number of aromatic nitrogens is 3. The molecule has 1 aliphatic heterocycles. The second-order valence-electron chi connectivity index (χ2n) is 6.79. The Morgan fingerprint density at radius 1 is 1.11 bits per heavy atom. The molecule has 1 aliphatic rings. The number of hydrogen-bond donors (Lipinski definition) is 1. The smallest absolute Gasteiger partial charge is 0.143 e. The number of hydrogen-bond acceptors (Lipinski definition) is 7. The molecular formula is C20H22ClN5OS. The van der Waals surface area contributed by atoms with Crippen LogP contribution < -0.4 is 0 Å². The largest absolute Gasteiger partial charge is 0.394 e. The van der Waals surface area contributed by atoms with E-state index in [1.54, 1.807) is 29.9 Å². The molecule has 0 spiro atoms. The summed E-state index contributed by atoms with van der Waals surface area (Å²) in [5, 5.41) is 11.5. The first-order chi connectivity index (χ1) is 13.7. The van der Waals surface area contributed by atoms with Gasteiger partial charge in [-0.3, -0.25) is 19.8 Å². The predicted molar refractivity (Wildman–Crippen MR) is 111 cm³/mol. The van der Waals surface area contributed by atoms with Crippen LogP contribution in [0.5, 0.6) is 0 Å². The van der Waals surface area contributed by atoms with Crippen LogP contribution in [0.2, 0.25) is 5.02 Å². The number of aliphatic hydroxyl groups excluding tert-OH is 1. The topological polar surface area (TPSA) is 65.4 Å². The molecule has 0 saturated carbocycles. The number of nitrogens with zero attached hydrogens (tertiary/aromatic N) is 5. The minimum absolute atomic E-state index is 0.00693. The zero-order chi connectivity index (χ0) is 19.3. The van der Waals surface area contributed by atoms with Gasteiger partial charge in [0.2, 0.25) is 0 Å². The Labute approximate surface area is 173 Å². The molecule has 3 heterocycles. The quantitative estimate of drug-likeness (QED) is 0.667. The van der Waals surface area contributed by atoms with Gasteiger partial charge >= 0.3 is 0 Å². The molecular weight excluding hydrogens is 394 g/mol.